The minimum atomic E-state index is -5.15. The van der Waals surface area contributed by atoms with Crippen LogP contribution in [0.4, 0.5) is 27.8 Å². The molecule has 1 unspecified atom stereocenters. The summed E-state index contributed by atoms with van der Waals surface area (Å²) < 4.78 is 74.4. The second kappa shape index (κ2) is 9.64. The number of hydrogen-bond acceptors (Lipinski definition) is 7. The van der Waals surface area contributed by atoms with E-state index >= 15 is 0 Å². The lowest BCUT2D eigenvalue weighted by atomic mass is 10.0. The Kier molecular flexibility index (Phi) is 6.89. The lowest BCUT2D eigenvalue weighted by Gasteiger charge is -2.19. The third kappa shape index (κ3) is 5.51. The number of carbonyl (C=O) groups is 1. The summed E-state index contributed by atoms with van der Waals surface area (Å²) in [7, 11) is 1.16. The van der Waals surface area contributed by atoms with Gasteiger partial charge in [0.25, 0.3) is 5.91 Å². The van der Waals surface area contributed by atoms with E-state index in [1.165, 1.54) is 12.3 Å². The topological polar surface area (TPSA) is 116 Å². The van der Waals surface area contributed by atoms with Gasteiger partial charge in [-0.05, 0) is 51.9 Å². The molecule has 0 aliphatic rings. The van der Waals surface area contributed by atoms with E-state index in [9.17, 15) is 36.9 Å². The van der Waals surface area contributed by atoms with Gasteiger partial charge in [0.15, 0.2) is 11.6 Å². The highest BCUT2D eigenvalue weighted by Crippen LogP contribution is 2.31. The maximum Gasteiger partial charge on any atom is 0.573 e. The Balaban J connectivity index is 2.01. The quantitative estimate of drug-likeness (QED) is 0.305. The van der Waals surface area contributed by atoms with Gasteiger partial charge in [-0.15, -0.1) is 13.2 Å². The van der Waals surface area contributed by atoms with Crippen molar-refractivity contribution in [2.45, 2.75) is 12.4 Å². The number of benzene rings is 1. The summed E-state index contributed by atoms with van der Waals surface area (Å²) in [6, 6.07) is 5.15. The first-order valence-electron chi connectivity index (χ1n) is 9.16. The smallest absolute Gasteiger partial charge is 0.489 e. The number of ether oxygens (including phenoxy) is 2. The SMILES string of the molecule is COc1ccc(C(=O)NC(c2ccc(OC(F)(F)F)c(F)c2)c2ncccc2F)nc1[N+](=O)[O-]. The van der Waals surface area contributed by atoms with Crippen LogP contribution >= 0.6 is 0 Å². The molecule has 2 aromatic heterocycles. The molecular weight excluding hydrogens is 471 g/mol. The van der Waals surface area contributed by atoms with E-state index < -0.39 is 57.8 Å². The molecule has 1 N–H and O–H groups in total. The summed E-state index contributed by atoms with van der Waals surface area (Å²) in [5.41, 5.74) is -1.06. The average Bonchev–Trinajstić information content (AvgIpc) is 2.78. The van der Waals surface area contributed by atoms with Crippen molar-refractivity contribution in [3.05, 3.63) is 87.4 Å². The van der Waals surface area contributed by atoms with E-state index in [-0.39, 0.29) is 11.3 Å². The normalized spacial score (nSPS) is 12.1. The number of carbonyl (C=O) groups excluding carboxylic acids is 1. The summed E-state index contributed by atoms with van der Waals surface area (Å²) >= 11 is 0. The monoisotopic (exact) mass is 484 g/mol. The van der Waals surface area contributed by atoms with Crippen molar-refractivity contribution in [2.24, 2.45) is 0 Å². The van der Waals surface area contributed by atoms with Crippen LogP contribution in [0.1, 0.15) is 27.8 Å². The molecule has 3 rings (SSSR count). The number of nitro groups is 1. The summed E-state index contributed by atoms with van der Waals surface area (Å²) in [6.07, 6.45) is -3.98. The molecule has 0 aliphatic carbocycles. The van der Waals surface area contributed by atoms with Gasteiger partial charge >= 0.3 is 12.2 Å². The van der Waals surface area contributed by atoms with Crippen LogP contribution in [0, 0.1) is 21.7 Å². The lowest BCUT2D eigenvalue weighted by Crippen LogP contribution is -2.31. The van der Waals surface area contributed by atoms with Gasteiger partial charge < -0.3 is 24.9 Å². The van der Waals surface area contributed by atoms with Crippen LogP contribution in [0.3, 0.4) is 0 Å². The number of halogens is 5. The zero-order valence-corrected chi connectivity index (χ0v) is 17.0. The zero-order chi connectivity index (χ0) is 25.0. The Morgan fingerprint density at radius 2 is 1.82 bits per heavy atom. The standard InChI is InChI=1S/C20H13F5N4O5/c1-33-15-7-5-13(27-18(15)29(31)32)19(30)28-16(17-11(21)3-2-8-26-17)10-4-6-14(12(22)9-10)34-20(23,24)25/h2-9,16H,1H3,(H,28,30). The third-order valence-corrected chi connectivity index (χ3v) is 4.32. The Hall–Kier alpha value is -4.36. The number of hydrogen-bond donors (Lipinski definition) is 1. The molecular formula is C20H13F5N4O5. The van der Waals surface area contributed by atoms with Crippen molar-refractivity contribution in [2.75, 3.05) is 7.11 Å². The van der Waals surface area contributed by atoms with Gasteiger partial charge in [-0.2, -0.15) is 0 Å². The fourth-order valence-corrected chi connectivity index (χ4v) is 2.88. The molecule has 1 amide bonds. The van der Waals surface area contributed by atoms with Crippen LogP contribution in [0.5, 0.6) is 11.5 Å². The van der Waals surface area contributed by atoms with Crippen LogP contribution in [0.15, 0.2) is 48.7 Å². The van der Waals surface area contributed by atoms with E-state index in [0.717, 1.165) is 31.4 Å². The number of nitrogens with one attached hydrogen (secondary N) is 1. The minimum absolute atomic E-state index is 0.194. The molecule has 1 atom stereocenters. The van der Waals surface area contributed by atoms with E-state index in [0.29, 0.717) is 12.1 Å². The van der Waals surface area contributed by atoms with Gasteiger partial charge in [-0.3, -0.25) is 9.78 Å². The van der Waals surface area contributed by atoms with Crippen LogP contribution in [-0.4, -0.2) is 34.3 Å². The van der Waals surface area contributed by atoms with Crippen molar-refractivity contribution in [1.29, 1.82) is 0 Å². The fourth-order valence-electron chi connectivity index (χ4n) is 2.88. The van der Waals surface area contributed by atoms with Crippen molar-refractivity contribution >= 4 is 11.7 Å². The molecule has 0 fully saturated rings. The Morgan fingerprint density at radius 1 is 1.12 bits per heavy atom. The van der Waals surface area contributed by atoms with Crippen molar-refractivity contribution in [3.63, 3.8) is 0 Å². The highest BCUT2D eigenvalue weighted by molar-refractivity contribution is 5.93. The van der Waals surface area contributed by atoms with Gasteiger partial charge in [-0.1, -0.05) is 6.07 Å². The van der Waals surface area contributed by atoms with Gasteiger partial charge in [0.1, 0.15) is 11.5 Å². The Labute approximate surface area is 187 Å². The molecule has 1 aromatic carbocycles. The second-order valence-electron chi connectivity index (χ2n) is 6.49. The van der Waals surface area contributed by atoms with Gasteiger partial charge in [-0.25, -0.2) is 8.78 Å². The van der Waals surface area contributed by atoms with Gasteiger partial charge in [0.2, 0.25) is 11.4 Å². The molecule has 9 nitrogen and oxygen atoms in total. The first-order chi connectivity index (χ1) is 16.0. The van der Waals surface area contributed by atoms with Crippen molar-refractivity contribution < 1.29 is 41.1 Å². The van der Waals surface area contributed by atoms with E-state index in [4.69, 9.17) is 4.74 Å². The third-order valence-electron chi connectivity index (χ3n) is 4.32. The van der Waals surface area contributed by atoms with Crippen molar-refractivity contribution in [1.82, 2.24) is 15.3 Å². The summed E-state index contributed by atoms with van der Waals surface area (Å²) in [5.74, 6) is -5.54. The molecule has 0 saturated carbocycles. The minimum Gasteiger partial charge on any atom is -0.489 e. The lowest BCUT2D eigenvalue weighted by molar-refractivity contribution is -0.390. The predicted octanol–water partition coefficient (Wildman–Crippen LogP) is 4.09. The molecule has 0 aliphatic heterocycles. The second-order valence-corrected chi connectivity index (χ2v) is 6.49. The highest BCUT2D eigenvalue weighted by Gasteiger charge is 2.33. The van der Waals surface area contributed by atoms with Crippen LogP contribution in [0.2, 0.25) is 0 Å². The van der Waals surface area contributed by atoms with Crippen LogP contribution in [-0.2, 0) is 0 Å². The highest BCUT2D eigenvalue weighted by atomic mass is 19.4. The zero-order valence-electron chi connectivity index (χ0n) is 17.0. The maximum atomic E-state index is 14.4. The number of aromatic nitrogens is 2. The molecule has 0 saturated heterocycles. The number of amides is 1. The first kappa shape index (κ1) is 24.3. The van der Waals surface area contributed by atoms with Crippen molar-refractivity contribution in [3.8, 4) is 11.5 Å². The number of methoxy groups -OCH3 is 1. The van der Waals surface area contributed by atoms with E-state index in [1.54, 1.807) is 0 Å². The van der Waals surface area contributed by atoms with Gasteiger partial charge in [0, 0.05) is 6.20 Å². The molecule has 34 heavy (non-hydrogen) atoms. The average molecular weight is 484 g/mol. The Morgan fingerprint density at radius 3 is 2.41 bits per heavy atom. The summed E-state index contributed by atoms with van der Waals surface area (Å²) in [5, 5.41) is 13.5. The largest absolute Gasteiger partial charge is 0.573 e. The predicted molar refractivity (Wildman–Crippen MR) is 104 cm³/mol. The molecule has 14 heteroatoms. The molecule has 0 spiro atoms. The Bertz CT molecular complexity index is 1240. The van der Waals surface area contributed by atoms with Crippen LogP contribution < -0.4 is 14.8 Å². The molecule has 3 aromatic rings. The maximum absolute atomic E-state index is 14.4. The molecule has 0 radical (unpaired) electrons. The molecule has 178 valence electrons. The first-order valence-corrected chi connectivity index (χ1v) is 9.16. The van der Waals surface area contributed by atoms with Gasteiger partial charge in [0.05, 0.1) is 13.2 Å². The number of rotatable bonds is 7. The fraction of sp³-hybridized carbons (Fsp3) is 0.150. The number of alkyl halides is 3. The van der Waals surface area contributed by atoms with E-state index in [2.05, 4.69) is 20.0 Å². The summed E-state index contributed by atoms with van der Waals surface area (Å²) in [6.45, 7) is 0. The molecule has 0 bridgehead atoms. The van der Waals surface area contributed by atoms with E-state index in [1.807, 2.05) is 0 Å². The number of nitrogens with zero attached hydrogens (tertiary/aromatic N) is 3. The number of pyridine rings is 2. The molecule has 2 heterocycles. The summed E-state index contributed by atoms with van der Waals surface area (Å²) in [4.78, 5) is 30.5. The van der Waals surface area contributed by atoms with Crippen LogP contribution in [0.25, 0.3) is 0 Å².